The summed E-state index contributed by atoms with van der Waals surface area (Å²) in [5.41, 5.74) is 2.83. The van der Waals surface area contributed by atoms with Crippen molar-refractivity contribution in [2.24, 2.45) is 4.99 Å². The number of rotatable bonds is 8. The molecule has 2 unspecified atom stereocenters. The minimum Gasteiger partial charge on any atom is -0.379 e. The highest BCUT2D eigenvalue weighted by atomic mass is 127. The smallest absolute Gasteiger partial charge is 0.191 e. The minimum atomic E-state index is 0. The first-order chi connectivity index (χ1) is 12.8. The first kappa shape index (κ1) is 22.2. The van der Waals surface area contributed by atoms with Gasteiger partial charge in [0.05, 0.1) is 12.7 Å². The van der Waals surface area contributed by atoms with Gasteiger partial charge in [0.2, 0.25) is 0 Å². The van der Waals surface area contributed by atoms with Crippen molar-refractivity contribution in [3.63, 3.8) is 0 Å². The van der Waals surface area contributed by atoms with Gasteiger partial charge in [-0.2, -0.15) is 0 Å². The summed E-state index contributed by atoms with van der Waals surface area (Å²) in [5.74, 6) is 0.856. The predicted octanol–water partition coefficient (Wildman–Crippen LogP) is 2.42. The summed E-state index contributed by atoms with van der Waals surface area (Å²) in [4.78, 5) is 6.78. The molecule has 27 heavy (non-hydrogen) atoms. The number of halogens is 1. The van der Waals surface area contributed by atoms with E-state index in [1.165, 1.54) is 11.3 Å². The Kier molecular flexibility index (Phi) is 9.64. The molecule has 0 aromatic heterocycles. The Hall–Kier alpha value is -1.06. The van der Waals surface area contributed by atoms with Gasteiger partial charge in [-0.25, -0.2) is 0 Å². The minimum absolute atomic E-state index is 0. The van der Waals surface area contributed by atoms with Crippen LogP contribution < -0.4 is 15.5 Å². The maximum absolute atomic E-state index is 5.78. The third-order valence-electron chi connectivity index (χ3n) is 5.07. The number of guanidine groups is 1. The van der Waals surface area contributed by atoms with Gasteiger partial charge in [0.1, 0.15) is 0 Å². The van der Waals surface area contributed by atoms with Gasteiger partial charge in [-0.05, 0) is 37.8 Å². The van der Waals surface area contributed by atoms with Crippen LogP contribution in [0, 0.1) is 0 Å². The molecule has 1 fully saturated rings. The van der Waals surface area contributed by atoms with E-state index in [9.17, 15) is 0 Å². The van der Waals surface area contributed by atoms with Crippen molar-refractivity contribution >= 4 is 35.6 Å². The molecule has 2 heterocycles. The number of nitrogens with one attached hydrogen (secondary N) is 2. The maximum Gasteiger partial charge on any atom is 0.191 e. The Morgan fingerprint density at radius 3 is 2.89 bits per heavy atom. The second kappa shape index (κ2) is 11.7. The molecular weight excluding hydrogens is 455 g/mol. The predicted molar refractivity (Wildman–Crippen MR) is 122 cm³/mol. The van der Waals surface area contributed by atoms with E-state index in [2.05, 4.69) is 51.7 Å². The van der Waals surface area contributed by atoms with Crippen molar-refractivity contribution < 1.29 is 9.47 Å². The molecule has 1 aromatic carbocycles. The van der Waals surface area contributed by atoms with Crippen LogP contribution in [0.4, 0.5) is 5.69 Å². The molecule has 2 atom stereocenters. The highest BCUT2D eigenvalue weighted by Gasteiger charge is 2.24. The molecule has 6 nitrogen and oxygen atoms in total. The van der Waals surface area contributed by atoms with Crippen molar-refractivity contribution in [3.05, 3.63) is 29.8 Å². The van der Waals surface area contributed by atoms with Crippen molar-refractivity contribution in [2.45, 2.75) is 38.3 Å². The van der Waals surface area contributed by atoms with Gasteiger partial charge in [-0.15, -0.1) is 24.0 Å². The Bertz CT molecular complexity index is 593. The van der Waals surface area contributed by atoms with Crippen molar-refractivity contribution in [2.75, 3.05) is 51.4 Å². The monoisotopic (exact) mass is 488 g/mol. The average molecular weight is 488 g/mol. The van der Waals surface area contributed by atoms with Gasteiger partial charge in [0.25, 0.3) is 0 Å². The van der Waals surface area contributed by atoms with Crippen LogP contribution in [0.5, 0.6) is 0 Å². The lowest BCUT2D eigenvalue weighted by Gasteiger charge is -2.25. The molecule has 0 spiro atoms. The lowest BCUT2D eigenvalue weighted by molar-refractivity contribution is 0.0420. The fourth-order valence-electron chi connectivity index (χ4n) is 3.66. The topological polar surface area (TPSA) is 58.1 Å². The van der Waals surface area contributed by atoms with Gasteiger partial charge < -0.3 is 25.0 Å². The summed E-state index contributed by atoms with van der Waals surface area (Å²) >= 11 is 0. The molecule has 3 rings (SSSR count). The molecule has 2 aliphatic rings. The normalized spacial score (nSPS) is 21.7. The summed E-state index contributed by atoms with van der Waals surface area (Å²) in [7, 11) is 1.81. The molecule has 1 saturated heterocycles. The lowest BCUT2D eigenvalue weighted by atomic mass is 10.1. The Labute approximate surface area is 180 Å². The van der Waals surface area contributed by atoms with E-state index in [1.54, 1.807) is 0 Å². The molecule has 0 bridgehead atoms. The van der Waals surface area contributed by atoms with E-state index in [-0.39, 0.29) is 30.1 Å². The molecule has 2 aliphatic heterocycles. The van der Waals surface area contributed by atoms with Gasteiger partial charge in [0.15, 0.2) is 5.96 Å². The van der Waals surface area contributed by atoms with Crippen LogP contribution >= 0.6 is 24.0 Å². The van der Waals surface area contributed by atoms with Crippen molar-refractivity contribution in [1.29, 1.82) is 0 Å². The summed E-state index contributed by atoms with van der Waals surface area (Å²) in [6.45, 7) is 7.34. The van der Waals surface area contributed by atoms with Gasteiger partial charge >= 0.3 is 0 Å². The van der Waals surface area contributed by atoms with Crippen LogP contribution in [0.15, 0.2) is 29.3 Å². The molecule has 7 heteroatoms. The van der Waals surface area contributed by atoms with Gasteiger partial charge in [-0.3, -0.25) is 4.99 Å². The number of hydrogen-bond donors (Lipinski definition) is 2. The van der Waals surface area contributed by atoms with E-state index in [1.807, 2.05) is 7.05 Å². The summed E-state index contributed by atoms with van der Waals surface area (Å²) in [6.07, 6.45) is 3.41. The zero-order chi connectivity index (χ0) is 18.2. The Balaban J connectivity index is 0.00000261. The number of hydrogen-bond acceptors (Lipinski definition) is 4. The number of aliphatic imine (C=N–C) groups is 1. The zero-order valence-electron chi connectivity index (χ0n) is 16.4. The number of para-hydroxylation sites is 1. The zero-order valence-corrected chi connectivity index (χ0v) is 18.8. The summed E-state index contributed by atoms with van der Waals surface area (Å²) < 4.78 is 11.1. The van der Waals surface area contributed by atoms with E-state index >= 15 is 0 Å². The van der Waals surface area contributed by atoms with E-state index in [0.717, 1.165) is 64.7 Å². The molecule has 2 N–H and O–H groups in total. The molecule has 0 radical (unpaired) electrons. The number of anilines is 1. The average Bonchev–Trinajstić information content (AvgIpc) is 3.27. The first-order valence-electron chi connectivity index (χ1n) is 9.76. The molecule has 0 saturated carbocycles. The second-order valence-electron chi connectivity index (χ2n) is 7.01. The second-order valence-corrected chi connectivity index (χ2v) is 7.01. The quantitative estimate of drug-likeness (QED) is 0.255. The van der Waals surface area contributed by atoms with Crippen LogP contribution in [0.25, 0.3) is 0 Å². The van der Waals surface area contributed by atoms with E-state index in [0.29, 0.717) is 6.04 Å². The maximum atomic E-state index is 5.78. The number of nitrogens with zero attached hydrogens (tertiary/aromatic N) is 2. The molecule has 0 amide bonds. The van der Waals surface area contributed by atoms with Crippen LogP contribution in [-0.4, -0.2) is 64.6 Å². The number of ether oxygens (including phenoxy) is 2. The first-order valence-corrected chi connectivity index (χ1v) is 9.76. The fraction of sp³-hybridized carbons (Fsp3) is 0.650. The summed E-state index contributed by atoms with van der Waals surface area (Å²) in [5, 5.41) is 6.78. The van der Waals surface area contributed by atoms with Crippen molar-refractivity contribution in [3.8, 4) is 0 Å². The van der Waals surface area contributed by atoms with Crippen molar-refractivity contribution in [1.82, 2.24) is 10.6 Å². The van der Waals surface area contributed by atoms with Crippen LogP contribution in [0.3, 0.4) is 0 Å². The van der Waals surface area contributed by atoms with E-state index < -0.39 is 0 Å². The van der Waals surface area contributed by atoms with Crippen LogP contribution in [0.1, 0.15) is 25.3 Å². The molecule has 152 valence electrons. The highest BCUT2D eigenvalue weighted by molar-refractivity contribution is 14.0. The van der Waals surface area contributed by atoms with E-state index in [4.69, 9.17) is 9.47 Å². The summed E-state index contributed by atoms with van der Waals surface area (Å²) in [6, 6.07) is 9.27. The third kappa shape index (κ3) is 6.50. The van der Waals surface area contributed by atoms with Crippen LogP contribution in [0.2, 0.25) is 0 Å². The van der Waals surface area contributed by atoms with Crippen LogP contribution in [-0.2, 0) is 15.9 Å². The number of fused-ring (bicyclic) bond motifs is 1. The third-order valence-corrected chi connectivity index (χ3v) is 5.07. The SMILES string of the molecule is CN=C(NCCCOC1CCOC1)NCCN1c2ccccc2CC1C.I. The molecule has 1 aromatic rings. The van der Waals surface area contributed by atoms with Gasteiger partial charge in [0, 0.05) is 51.6 Å². The number of benzene rings is 1. The highest BCUT2D eigenvalue weighted by Crippen LogP contribution is 2.31. The molecule has 0 aliphatic carbocycles. The largest absolute Gasteiger partial charge is 0.379 e. The Morgan fingerprint density at radius 2 is 2.11 bits per heavy atom. The lowest BCUT2D eigenvalue weighted by Crippen LogP contribution is -2.43. The Morgan fingerprint density at radius 1 is 1.30 bits per heavy atom. The van der Waals surface area contributed by atoms with Gasteiger partial charge in [-0.1, -0.05) is 18.2 Å². The standard InChI is InChI=1S/C20H32N4O2.HI/c1-16-14-17-6-3-4-7-19(17)24(16)11-10-23-20(21-2)22-9-5-12-26-18-8-13-25-15-18;/h3-4,6-7,16,18H,5,8-15H2,1-2H3,(H2,21,22,23);1H. The fourth-order valence-corrected chi connectivity index (χ4v) is 3.66. The molecular formula is C20H33IN4O2.